The highest BCUT2D eigenvalue weighted by molar-refractivity contribution is 5.79. The van der Waals surface area contributed by atoms with Gasteiger partial charge in [0.15, 0.2) is 0 Å². The summed E-state index contributed by atoms with van der Waals surface area (Å²) in [6.07, 6.45) is 6.86. The summed E-state index contributed by atoms with van der Waals surface area (Å²) < 4.78 is 0. The van der Waals surface area contributed by atoms with Crippen molar-refractivity contribution in [2.75, 3.05) is 19.6 Å². The summed E-state index contributed by atoms with van der Waals surface area (Å²) in [6, 6.07) is 0. The summed E-state index contributed by atoms with van der Waals surface area (Å²) in [7, 11) is 0. The van der Waals surface area contributed by atoms with E-state index in [2.05, 4.69) is 11.2 Å². The first-order valence-electron chi connectivity index (χ1n) is 6.65. The van der Waals surface area contributed by atoms with Crippen LogP contribution in [0, 0.1) is 12.3 Å². The van der Waals surface area contributed by atoms with Gasteiger partial charge in [-0.25, -0.2) is 0 Å². The molecule has 0 saturated carbocycles. The van der Waals surface area contributed by atoms with E-state index in [4.69, 9.17) is 11.5 Å². The maximum Gasteiger partial charge on any atom is 0.304 e. The quantitative estimate of drug-likeness (QED) is 0.614. The van der Waals surface area contributed by atoms with Gasteiger partial charge in [0.1, 0.15) is 5.54 Å². The molecule has 0 bridgehead atoms. The van der Waals surface area contributed by atoms with Gasteiger partial charge in [0.25, 0.3) is 0 Å². The van der Waals surface area contributed by atoms with E-state index in [0.29, 0.717) is 25.9 Å². The van der Waals surface area contributed by atoms with Gasteiger partial charge in [0.2, 0.25) is 5.91 Å². The zero-order valence-corrected chi connectivity index (χ0v) is 12.0. The second kappa shape index (κ2) is 8.54. The smallest absolute Gasteiger partial charge is 0.304 e. The van der Waals surface area contributed by atoms with E-state index in [0.717, 1.165) is 0 Å². The molecule has 0 aliphatic heterocycles. The molecule has 2 N–H and O–H groups in total. The van der Waals surface area contributed by atoms with Gasteiger partial charge in [-0.3, -0.25) is 14.5 Å². The Bertz CT molecular complexity index is 343. The predicted molar refractivity (Wildman–Crippen MR) is 74.7 cm³/mol. The highest BCUT2D eigenvalue weighted by atomic mass is 16.4. The number of carboxylic acids is 1. The number of carbonyl (C=O) groups excluding carboxylic acids is 1. The van der Waals surface area contributed by atoms with Gasteiger partial charge in [0, 0.05) is 6.54 Å². The molecule has 1 amide bonds. The van der Waals surface area contributed by atoms with Crippen LogP contribution in [0.3, 0.4) is 0 Å². The van der Waals surface area contributed by atoms with E-state index in [1.165, 1.54) is 0 Å². The summed E-state index contributed by atoms with van der Waals surface area (Å²) in [5.74, 6) is 1.62. The number of terminal acetylenes is 1. The van der Waals surface area contributed by atoms with E-state index < -0.39 is 11.5 Å². The van der Waals surface area contributed by atoms with E-state index in [-0.39, 0.29) is 18.9 Å². The van der Waals surface area contributed by atoms with Crippen LogP contribution in [-0.4, -0.2) is 47.1 Å². The summed E-state index contributed by atoms with van der Waals surface area (Å²) in [5.41, 5.74) is -0.594. The van der Waals surface area contributed by atoms with E-state index >= 15 is 0 Å². The largest absolute Gasteiger partial charge is 0.481 e. The summed E-state index contributed by atoms with van der Waals surface area (Å²) in [6.45, 7) is 6.93. The van der Waals surface area contributed by atoms with Crippen molar-refractivity contribution >= 4 is 11.9 Å². The first kappa shape index (κ1) is 17.5. The van der Waals surface area contributed by atoms with Gasteiger partial charge in [-0.05, 0) is 19.4 Å². The van der Waals surface area contributed by atoms with Gasteiger partial charge >= 0.3 is 5.97 Å². The van der Waals surface area contributed by atoms with Crippen molar-refractivity contribution < 1.29 is 14.7 Å². The minimum absolute atomic E-state index is 0.0307. The number of nitrogens with one attached hydrogen (secondary N) is 1. The molecule has 0 rings (SSSR count). The standard InChI is InChI=1S/C14H24N2O3/c1-5-14(6-2,7-3)15-12(17)11-16(8-4)10-9-13(18)19/h1H,6-11H2,2-4H3,(H,15,17)(H,18,19). The van der Waals surface area contributed by atoms with E-state index in [1.54, 1.807) is 4.90 Å². The van der Waals surface area contributed by atoms with Crippen molar-refractivity contribution in [1.29, 1.82) is 0 Å². The number of likely N-dealkylation sites (N-methyl/N-ethyl adjacent to an activating group) is 1. The van der Waals surface area contributed by atoms with Crippen LogP contribution >= 0.6 is 0 Å². The Labute approximate surface area is 115 Å². The lowest BCUT2D eigenvalue weighted by Gasteiger charge is -2.28. The van der Waals surface area contributed by atoms with E-state index in [9.17, 15) is 9.59 Å². The minimum Gasteiger partial charge on any atom is -0.481 e. The normalized spacial score (nSPS) is 11.1. The lowest BCUT2D eigenvalue weighted by Crippen LogP contribution is -2.50. The second-order valence-electron chi connectivity index (χ2n) is 4.49. The van der Waals surface area contributed by atoms with Gasteiger partial charge in [-0.1, -0.05) is 26.7 Å². The molecule has 0 radical (unpaired) electrons. The molecule has 0 unspecified atom stereocenters. The molecule has 5 heteroatoms. The third-order valence-electron chi connectivity index (χ3n) is 3.32. The van der Waals surface area contributed by atoms with Crippen molar-refractivity contribution in [1.82, 2.24) is 10.2 Å². The predicted octanol–water partition coefficient (Wildman–Crippen LogP) is 1.09. The molecule has 0 fully saturated rings. The third-order valence-corrected chi connectivity index (χ3v) is 3.32. The summed E-state index contributed by atoms with van der Waals surface area (Å²) >= 11 is 0. The van der Waals surface area contributed by atoms with Crippen molar-refractivity contribution in [2.45, 2.75) is 45.6 Å². The van der Waals surface area contributed by atoms with Crippen molar-refractivity contribution in [3.8, 4) is 12.3 Å². The SMILES string of the molecule is C#CC(CC)(CC)NC(=O)CN(CC)CCC(=O)O. The lowest BCUT2D eigenvalue weighted by molar-refractivity contribution is -0.137. The maximum absolute atomic E-state index is 12.0. The maximum atomic E-state index is 12.0. The molecule has 0 aromatic carbocycles. The van der Waals surface area contributed by atoms with Crippen LogP contribution in [0.1, 0.15) is 40.0 Å². The van der Waals surface area contributed by atoms with Crippen LogP contribution < -0.4 is 5.32 Å². The van der Waals surface area contributed by atoms with Gasteiger partial charge in [0.05, 0.1) is 13.0 Å². The van der Waals surface area contributed by atoms with Gasteiger partial charge < -0.3 is 10.4 Å². The zero-order valence-electron chi connectivity index (χ0n) is 12.0. The molecule has 19 heavy (non-hydrogen) atoms. The number of aliphatic carboxylic acids is 1. The number of hydrogen-bond acceptors (Lipinski definition) is 3. The number of hydrogen-bond donors (Lipinski definition) is 2. The third kappa shape index (κ3) is 6.25. The molecule has 5 nitrogen and oxygen atoms in total. The molecule has 0 aromatic rings. The number of rotatable bonds is 9. The Kier molecular flexibility index (Phi) is 7.85. The number of amides is 1. The first-order valence-corrected chi connectivity index (χ1v) is 6.65. The Morgan fingerprint density at radius 1 is 1.32 bits per heavy atom. The Morgan fingerprint density at radius 2 is 1.89 bits per heavy atom. The van der Waals surface area contributed by atoms with E-state index in [1.807, 2.05) is 20.8 Å². The number of carboxylic acid groups (broad SMARTS) is 1. The molecule has 0 aliphatic carbocycles. The Morgan fingerprint density at radius 3 is 2.26 bits per heavy atom. The fourth-order valence-corrected chi connectivity index (χ4v) is 1.78. The highest BCUT2D eigenvalue weighted by Crippen LogP contribution is 2.13. The van der Waals surface area contributed by atoms with Gasteiger partial charge in [-0.2, -0.15) is 0 Å². The number of nitrogens with zero attached hydrogens (tertiary/aromatic N) is 1. The second-order valence-corrected chi connectivity index (χ2v) is 4.49. The molecule has 0 atom stereocenters. The molecule has 108 valence electrons. The molecule has 0 spiro atoms. The van der Waals surface area contributed by atoms with Crippen LogP contribution in [0.4, 0.5) is 0 Å². The van der Waals surface area contributed by atoms with Crippen LogP contribution in [0.5, 0.6) is 0 Å². The molecule has 0 aromatic heterocycles. The van der Waals surface area contributed by atoms with Crippen molar-refractivity contribution in [3.05, 3.63) is 0 Å². The van der Waals surface area contributed by atoms with Crippen molar-refractivity contribution in [2.24, 2.45) is 0 Å². The Balaban J connectivity index is 4.42. The van der Waals surface area contributed by atoms with Gasteiger partial charge in [-0.15, -0.1) is 6.42 Å². The molecule has 0 heterocycles. The van der Waals surface area contributed by atoms with Crippen LogP contribution in [0.25, 0.3) is 0 Å². The zero-order chi connectivity index (χ0) is 14.9. The average Bonchev–Trinajstić information content (AvgIpc) is 2.40. The average molecular weight is 268 g/mol. The van der Waals surface area contributed by atoms with Crippen LogP contribution in [0.2, 0.25) is 0 Å². The fourth-order valence-electron chi connectivity index (χ4n) is 1.78. The monoisotopic (exact) mass is 268 g/mol. The van der Waals surface area contributed by atoms with Crippen LogP contribution in [0.15, 0.2) is 0 Å². The summed E-state index contributed by atoms with van der Waals surface area (Å²) in [4.78, 5) is 24.3. The summed E-state index contributed by atoms with van der Waals surface area (Å²) in [5, 5.41) is 11.5. The molecular weight excluding hydrogens is 244 g/mol. The topological polar surface area (TPSA) is 69.6 Å². The first-order chi connectivity index (χ1) is 8.92. The van der Waals surface area contributed by atoms with Crippen molar-refractivity contribution in [3.63, 3.8) is 0 Å². The highest BCUT2D eigenvalue weighted by Gasteiger charge is 2.25. The van der Waals surface area contributed by atoms with Crippen LogP contribution in [-0.2, 0) is 9.59 Å². The minimum atomic E-state index is -0.862. The fraction of sp³-hybridized carbons (Fsp3) is 0.714. The lowest BCUT2D eigenvalue weighted by atomic mass is 9.94. The Hall–Kier alpha value is -1.54. The molecule has 0 saturated heterocycles. The molecular formula is C14H24N2O3. The number of carbonyl (C=O) groups is 2. The molecule has 0 aliphatic rings.